The third kappa shape index (κ3) is 2.94. The van der Waals surface area contributed by atoms with Gasteiger partial charge in [-0.1, -0.05) is 36.4 Å². The largest absolute Gasteiger partial charge is 0.347 e. The number of rotatable bonds is 3. The van der Waals surface area contributed by atoms with E-state index in [0.29, 0.717) is 18.5 Å². The van der Waals surface area contributed by atoms with Gasteiger partial charge >= 0.3 is 0 Å². The summed E-state index contributed by atoms with van der Waals surface area (Å²) in [6.07, 6.45) is 0.341. The van der Waals surface area contributed by atoms with Gasteiger partial charge in [-0.25, -0.2) is 0 Å². The lowest BCUT2D eigenvalue weighted by molar-refractivity contribution is -0.117. The Morgan fingerprint density at radius 3 is 2.29 bits per heavy atom. The highest BCUT2D eigenvalue weighted by Crippen LogP contribution is 2.21. The molecule has 2 amide bonds. The zero-order valence-electron chi connectivity index (χ0n) is 11.5. The molecule has 0 spiro atoms. The second kappa shape index (κ2) is 5.79. The highest BCUT2D eigenvalue weighted by molar-refractivity contribution is 5.98. The molecule has 0 radical (unpaired) electrons. The third-order valence-electron chi connectivity index (χ3n) is 3.56. The minimum absolute atomic E-state index is 0.0413. The third-order valence-corrected chi connectivity index (χ3v) is 3.56. The van der Waals surface area contributed by atoms with Gasteiger partial charge in [0.2, 0.25) is 5.91 Å². The monoisotopic (exact) mass is 280 g/mol. The highest BCUT2D eigenvalue weighted by Gasteiger charge is 2.31. The Hall–Kier alpha value is -2.62. The predicted molar refractivity (Wildman–Crippen MR) is 81.1 cm³/mol. The first-order valence-corrected chi connectivity index (χ1v) is 6.95. The van der Waals surface area contributed by atoms with Crippen molar-refractivity contribution in [2.75, 3.05) is 11.4 Å². The number of nitrogens with zero attached hydrogens (tertiary/aromatic N) is 1. The fourth-order valence-electron chi connectivity index (χ4n) is 2.52. The second-order valence-corrected chi connectivity index (χ2v) is 5.08. The lowest BCUT2D eigenvalue weighted by Gasteiger charge is -2.17. The summed E-state index contributed by atoms with van der Waals surface area (Å²) in [6.45, 7) is 0.515. The Labute approximate surface area is 123 Å². The molecule has 0 aromatic heterocycles. The summed E-state index contributed by atoms with van der Waals surface area (Å²) < 4.78 is 0. The lowest BCUT2D eigenvalue weighted by atomic mass is 10.2. The minimum Gasteiger partial charge on any atom is -0.347 e. The quantitative estimate of drug-likeness (QED) is 0.937. The van der Waals surface area contributed by atoms with Gasteiger partial charge in [0.05, 0.1) is 6.04 Å². The zero-order chi connectivity index (χ0) is 14.7. The number of carbonyl (C=O) groups excluding carboxylic acids is 2. The van der Waals surface area contributed by atoms with E-state index in [9.17, 15) is 9.59 Å². The number of hydrogen-bond acceptors (Lipinski definition) is 2. The van der Waals surface area contributed by atoms with Crippen LogP contribution in [0.4, 0.5) is 5.69 Å². The smallest absolute Gasteiger partial charge is 0.251 e. The normalized spacial score (nSPS) is 17.8. The first kappa shape index (κ1) is 13.4. The van der Waals surface area contributed by atoms with E-state index in [4.69, 9.17) is 0 Å². The number of amides is 2. The number of para-hydroxylation sites is 1. The van der Waals surface area contributed by atoms with Crippen LogP contribution in [0, 0.1) is 0 Å². The zero-order valence-corrected chi connectivity index (χ0v) is 11.5. The van der Waals surface area contributed by atoms with Crippen molar-refractivity contribution in [3.63, 3.8) is 0 Å². The van der Waals surface area contributed by atoms with Crippen molar-refractivity contribution in [2.24, 2.45) is 0 Å². The Balaban J connectivity index is 1.67. The van der Waals surface area contributed by atoms with Crippen molar-refractivity contribution in [3.8, 4) is 0 Å². The molecule has 21 heavy (non-hydrogen) atoms. The van der Waals surface area contributed by atoms with Gasteiger partial charge in [0.15, 0.2) is 0 Å². The Bertz CT molecular complexity index is 640. The first-order valence-electron chi connectivity index (χ1n) is 6.95. The number of nitrogens with one attached hydrogen (secondary N) is 1. The Morgan fingerprint density at radius 2 is 1.62 bits per heavy atom. The van der Waals surface area contributed by atoms with E-state index in [0.717, 1.165) is 5.69 Å². The maximum atomic E-state index is 12.1. The van der Waals surface area contributed by atoms with Crippen molar-refractivity contribution in [3.05, 3.63) is 66.2 Å². The summed E-state index contributed by atoms with van der Waals surface area (Å²) >= 11 is 0. The van der Waals surface area contributed by atoms with E-state index in [-0.39, 0.29) is 17.9 Å². The standard InChI is InChI=1S/C17H16N2O2/c20-16-11-14(12-19(16)15-9-5-2-6-10-15)18-17(21)13-7-3-1-4-8-13/h1-10,14H,11-12H2,(H,18,21)/t14-/m0/s1. The van der Waals surface area contributed by atoms with Crippen molar-refractivity contribution in [1.82, 2.24) is 5.32 Å². The molecule has 1 saturated heterocycles. The molecule has 1 aliphatic heterocycles. The molecule has 1 N–H and O–H groups in total. The van der Waals surface area contributed by atoms with Gasteiger partial charge < -0.3 is 10.2 Å². The molecule has 0 unspecified atom stereocenters. The molecule has 2 aromatic rings. The van der Waals surface area contributed by atoms with Crippen molar-refractivity contribution >= 4 is 17.5 Å². The van der Waals surface area contributed by atoms with Gasteiger partial charge in [0.1, 0.15) is 0 Å². The molecular weight excluding hydrogens is 264 g/mol. The molecule has 0 aliphatic carbocycles. The van der Waals surface area contributed by atoms with Crippen LogP contribution in [-0.2, 0) is 4.79 Å². The molecule has 4 nitrogen and oxygen atoms in total. The van der Waals surface area contributed by atoms with E-state index in [1.54, 1.807) is 17.0 Å². The van der Waals surface area contributed by atoms with Gasteiger partial charge in [0, 0.05) is 24.2 Å². The first-order chi connectivity index (χ1) is 10.2. The fraction of sp³-hybridized carbons (Fsp3) is 0.176. The molecule has 1 aliphatic rings. The molecule has 1 heterocycles. The van der Waals surface area contributed by atoms with Crippen LogP contribution in [0.1, 0.15) is 16.8 Å². The van der Waals surface area contributed by atoms with Crippen LogP contribution in [0.3, 0.4) is 0 Å². The van der Waals surface area contributed by atoms with E-state index in [2.05, 4.69) is 5.32 Å². The summed E-state index contributed by atoms with van der Waals surface area (Å²) in [5.41, 5.74) is 1.49. The Morgan fingerprint density at radius 1 is 1.00 bits per heavy atom. The SMILES string of the molecule is O=C(N[C@H]1CC(=O)N(c2ccccc2)C1)c1ccccc1. The van der Waals surface area contributed by atoms with Gasteiger partial charge in [-0.15, -0.1) is 0 Å². The van der Waals surface area contributed by atoms with Gasteiger partial charge in [-0.05, 0) is 24.3 Å². The number of benzene rings is 2. The molecule has 0 saturated carbocycles. The van der Waals surface area contributed by atoms with E-state index < -0.39 is 0 Å². The van der Waals surface area contributed by atoms with E-state index >= 15 is 0 Å². The predicted octanol–water partition coefficient (Wildman–Crippen LogP) is 2.22. The van der Waals surface area contributed by atoms with Crippen LogP contribution in [0.5, 0.6) is 0 Å². The molecule has 0 bridgehead atoms. The summed E-state index contributed by atoms with van der Waals surface area (Å²) in [4.78, 5) is 25.9. The molecule has 1 atom stereocenters. The Kier molecular flexibility index (Phi) is 3.69. The summed E-state index contributed by atoms with van der Waals surface area (Å²) in [5, 5.41) is 2.92. The van der Waals surface area contributed by atoms with Crippen LogP contribution in [0.15, 0.2) is 60.7 Å². The van der Waals surface area contributed by atoms with Crippen molar-refractivity contribution in [2.45, 2.75) is 12.5 Å². The summed E-state index contributed by atoms with van der Waals surface area (Å²) in [7, 11) is 0. The molecule has 1 fully saturated rings. The van der Waals surface area contributed by atoms with Crippen LogP contribution >= 0.6 is 0 Å². The number of anilines is 1. The lowest BCUT2D eigenvalue weighted by Crippen LogP contribution is -2.37. The molecule has 4 heteroatoms. The highest BCUT2D eigenvalue weighted by atomic mass is 16.2. The van der Waals surface area contributed by atoms with E-state index in [1.807, 2.05) is 48.5 Å². The van der Waals surface area contributed by atoms with Crippen LogP contribution in [-0.4, -0.2) is 24.4 Å². The molecule has 3 rings (SSSR count). The van der Waals surface area contributed by atoms with Gasteiger partial charge in [0.25, 0.3) is 5.91 Å². The summed E-state index contributed by atoms with van der Waals surface area (Å²) in [6, 6.07) is 18.4. The average molecular weight is 280 g/mol. The maximum Gasteiger partial charge on any atom is 0.251 e. The summed E-state index contributed by atoms with van der Waals surface area (Å²) in [5.74, 6) is -0.0946. The average Bonchev–Trinajstić information content (AvgIpc) is 2.89. The number of carbonyl (C=O) groups is 2. The second-order valence-electron chi connectivity index (χ2n) is 5.08. The van der Waals surface area contributed by atoms with Crippen LogP contribution in [0.25, 0.3) is 0 Å². The van der Waals surface area contributed by atoms with Gasteiger partial charge in [-0.3, -0.25) is 9.59 Å². The van der Waals surface area contributed by atoms with Crippen LogP contribution in [0.2, 0.25) is 0 Å². The molecule has 2 aromatic carbocycles. The van der Waals surface area contributed by atoms with E-state index in [1.165, 1.54) is 0 Å². The maximum absolute atomic E-state index is 12.1. The van der Waals surface area contributed by atoms with Crippen molar-refractivity contribution in [1.29, 1.82) is 0 Å². The molecular formula is C17H16N2O2. The van der Waals surface area contributed by atoms with Crippen LogP contribution < -0.4 is 10.2 Å². The van der Waals surface area contributed by atoms with Crippen molar-refractivity contribution < 1.29 is 9.59 Å². The van der Waals surface area contributed by atoms with Gasteiger partial charge in [-0.2, -0.15) is 0 Å². The molecule has 106 valence electrons. The fourth-order valence-corrected chi connectivity index (χ4v) is 2.52. The topological polar surface area (TPSA) is 49.4 Å². The number of hydrogen-bond donors (Lipinski definition) is 1. The minimum atomic E-state index is -0.148.